The van der Waals surface area contributed by atoms with Crippen LogP contribution in [0.1, 0.15) is 0 Å². The van der Waals surface area contributed by atoms with Gasteiger partial charge in [-0.15, -0.1) is 0 Å². The standard InChI is InChI=1S/C22H16N2O7/c1-29-16-4-2-3-5-17(16)30-15-8-6-13(7-9-15)14-10-18-20(23-11-14)21(27)24(12-19(25)26)22(28)31-18/h2-11H,12H2,1H3,(H,25,26). The van der Waals surface area contributed by atoms with Crippen molar-refractivity contribution in [2.24, 2.45) is 0 Å². The number of rotatable bonds is 6. The summed E-state index contributed by atoms with van der Waals surface area (Å²) >= 11 is 0. The number of carboxylic acids is 1. The fourth-order valence-corrected chi connectivity index (χ4v) is 3.02. The predicted molar refractivity (Wildman–Crippen MR) is 111 cm³/mol. The number of hydrogen-bond acceptors (Lipinski definition) is 7. The van der Waals surface area contributed by atoms with Gasteiger partial charge in [0.15, 0.2) is 22.6 Å². The molecule has 31 heavy (non-hydrogen) atoms. The summed E-state index contributed by atoms with van der Waals surface area (Å²) in [4.78, 5) is 39.3. The molecule has 1 N–H and O–H groups in total. The summed E-state index contributed by atoms with van der Waals surface area (Å²) in [6.45, 7) is -0.797. The molecule has 0 atom stereocenters. The summed E-state index contributed by atoms with van der Waals surface area (Å²) in [7, 11) is 1.56. The molecule has 4 aromatic rings. The summed E-state index contributed by atoms with van der Waals surface area (Å²) in [5.41, 5.74) is 0.388. The number of pyridine rings is 1. The summed E-state index contributed by atoms with van der Waals surface area (Å²) in [5.74, 6) is -0.622. The van der Waals surface area contributed by atoms with Gasteiger partial charge in [0.1, 0.15) is 12.3 Å². The number of para-hydroxylation sites is 2. The minimum absolute atomic E-state index is 0.0245. The number of carbonyl (C=O) groups is 1. The Kier molecular flexibility index (Phi) is 5.23. The molecule has 2 aromatic carbocycles. The Bertz CT molecular complexity index is 1390. The van der Waals surface area contributed by atoms with Crippen LogP contribution in [0.15, 0.2) is 74.8 Å². The monoisotopic (exact) mass is 420 g/mol. The molecule has 0 amide bonds. The molecule has 0 bridgehead atoms. The zero-order valence-electron chi connectivity index (χ0n) is 16.3. The van der Waals surface area contributed by atoms with Gasteiger partial charge in [-0.1, -0.05) is 24.3 Å². The summed E-state index contributed by atoms with van der Waals surface area (Å²) in [5, 5.41) is 8.85. The van der Waals surface area contributed by atoms with Gasteiger partial charge in [-0.25, -0.2) is 14.3 Å². The highest BCUT2D eigenvalue weighted by Gasteiger charge is 2.14. The van der Waals surface area contributed by atoms with Gasteiger partial charge >= 0.3 is 11.7 Å². The first-order valence-corrected chi connectivity index (χ1v) is 9.13. The number of aromatic nitrogens is 2. The lowest BCUT2D eigenvalue weighted by Crippen LogP contribution is -2.35. The number of nitrogens with zero attached hydrogens (tertiary/aromatic N) is 2. The van der Waals surface area contributed by atoms with Crippen LogP contribution in [0.25, 0.3) is 22.2 Å². The third kappa shape index (κ3) is 4.01. The number of benzene rings is 2. The van der Waals surface area contributed by atoms with Crippen LogP contribution in [0.4, 0.5) is 0 Å². The highest BCUT2D eigenvalue weighted by atomic mass is 16.5. The van der Waals surface area contributed by atoms with Crippen LogP contribution in [0, 0.1) is 0 Å². The van der Waals surface area contributed by atoms with Gasteiger partial charge in [-0.2, -0.15) is 0 Å². The van der Waals surface area contributed by atoms with Gasteiger partial charge in [0, 0.05) is 11.8 Å². The smallest absolute Gasteiger partial charge is 0.422 e. The topological polar surface area (TPSA) is 121 Å². The Morgan fingerprint density at radius 2 is 1.77 bits per heavy atom. The molecule has 0 saturated heterocycles. The van der Waals surface area contributed by atoms with E-state index in [9.17, 15) is 14.4 Å². The van der Waals surface area contributed by atoms with Crippen molar-refractivity contribution in [2.45, 2.75) is 6.54 Å². The second-order valence-corrected chi connectivity index (χ2v) is 6.50. The molecule has 4 rings (SSSR count). The molecule has 2 heterocycles. The molecule has 2 aromatic heterocycles. The molecule has 9 nitrogen and oxygen atoms in total. The van der Waals surface area contributed by atoms with Gasteiger partial charge in [-0.05, 0) is 35.9 Å². The molecular formula is C22H16N2O7. The van der Waals surface area contributed by atoms with Crippen molar-refractivity contribution in [1.29, 1.82) is 0 Å². The molecular weight excluding hydrogens is 404 g/mol. The highest BCUT2D eigenvalue weighted by molar-refractivity contribution is 5.78. The maximum Gasteiger partial charge on any atom is 0.422 e. The van der Waals surface area contributed by atoms with Crippen molar-refractivity contribution in [1.82, 2.24) is 9.55 Å². The Balaban J connectivity index is 1.65. The summed E-state index contributed by atoms with van der Waals surface area (Å²) < 4.78 is 16.7. The summed E-state index contributed by atoms with van der Waals surface area (Å²) in [6.07, 6.45) is 1.45. The lowest BCUT2D eigenvalue weighted by Gasteiger charge is -2.10. The average molecular weight is 420 g/mol. The van der Waals surface area contributed by atoms with Crippen LogP contribution >= 0.6 is 0 Å². The van der Waals surface area contributed by atoms with Gasteiger partial charge < -0.3 is 19.0 Å². The van der Waals surface area contributed by atoms with Crippen molar-refractivity contribution in [2.75, 3.05) is 7.11 Å². The van der Waals surface area contributed by atoms with Crippen molar-refractivity contribution in [3.8, 4) is 28.4 Å². The molecule has 0 radical (unpaired) electrons. The Morgan fingerprint density at radius 1 is 1.06 bits per heavy atom. The lowest BCUT2D eigenvalue weighted by molar-refractivity contribution is -0.137. The van der Waals surface area contributed by atoms with E-state index >= 15 is 0 Å². The minimum Gasteiger partial charge on any atom is -0.493 e. The Morgan fingerprint density at radius 3 is 2.45 bits per heavy atom. The normalized spacial score (nSPS) is 10.7. The van der Waals surface area contributed by atoms with E-state index in [0.29, 0.717) is 27.4 Å². The molecule has 0 fully saturated rings. The fourth-order valence-electron chi connectivity index (χ4n) is 3.02. The van der Waals surface area contributed by atoms with Crippen LogP contribution in [0.2, 0.25) is 0 Å². The fraction of sp³-hybridized carbons (Fsp3) is 0.0909. The second-order valence-electron chi connectivity index (χ2n) is 6.50. The number of hydrogen-bond donors (Lipinski definition) is 1. The molecule has 0 unspecified atom stereocenters. The van der Waals surface area contributed by atoms with E-state index < -0.39 is 23.8 Å². The van der Waals surface area contributed by atoms with E-state index in [-0.39, 0.29) is 11.1 Å². The van der Waals surface area contributed by atoms with Crippen LogP contribution in [-0.2, 0) is 11.3 Å². The number of fused-ring (bicyclic) bond motifs is 1. The molecule has 156 valence electrons. The molecule has 0 saturated carbocycles. The number of methoxy groups -OCH3 is 1. The van der Waals surface area contributed by atoms with E-state index in [0.717, 1.165) is 5.56 Å². The first kappa shape index (κ1) is 19.9. The lowest BCUT2D eigenvalue weighted by atomic mass is 10.1. The van der Waals surface area contributed by atoms with Crippen molar-refractivity contribution in [3.63, 3.8) is 0 Å². The highest BCUT2D eigenvalue weighted by Crippen LogP contribution is 2.32. The Labute approximate surface area is 174 Å². The zero-order chi connectivity index (χ0) is 22.0. The summed E-state index contributed by atoms with van der Waals surface area (Å²) in [6, 6.07) is 15.9. The molecule has 0 aliphatic heterocycles. The minimum atomic E-state index is -1.33. The maximum absolute atomic E-state index is 12.4. The van der Waals surface area contributed by atoms with Crippen molar-refractivity contribution in [3.05, 3.63) is 81.7 Å². The second kappa shape index (κ2) is 8.15. The van der Waals surface area contributed by atoms with E-state index in [4.69, 9.17) is 19.0 Å². The largest absolute Gasteiger partial charge is 0.493 e. The van der Waals surface area contributed by atoms with Gasteiger partial charge in [-0.3, -0.25) is 9.59 Å². The molecule has 9 heteroatoms. The predicted octanol–water partition coefficient (Wildman–Crippen LogP) is 2.90. The van der Waals surface area contributed by atoms with Crippen LogP contribution in [-0.4, -0.2) is 27.7 Å². The van der Waals surface area contributed by atoms with E-state index in [2.05, 4.69) is 4.98 Å². The number of aliphatic carboxylic acids is 1. The maximum atomic E-state index is 12.4. The van der Waals surface area contributed by atoms with Gasteiger partial charge in [0.05, 0.1) is 7.11 Å². The number of carboxylic acid groups (broad SMARTS) is 1. The third-order valence-corrected chi connectivity index (χ3v) is 4.50. The van der Waals surface area contributed by atoms with Gasteiger partial charge in [0.2, 0.25) is 0 Å². The van der Waals surface area contributed by atoms with Crippen molar-refractivity contribution >= 4 is 17.1 Å². The van der Waals surface area contributed by atoms with Crippen LogP contribution < -0.4 is 20.8 Å². The SMILES string of the molecule is COc1ccccc1Oc1ccc(-c2cnc3c(=O)n(CC(=O)O)c(=O)oc3c2)cc1. The third-order valence-electron chi connectivity index (χ3n) is 4.50. The van der Waals surface area contributed by atoms with E-state index in [1.807, 2.05) is 12.1 Å². The number of ether oxygens (including phenoxy) is 2. The quantitative estimate of drug-likeness (QED) is 0.505. The van der Waals surface area contributed by atoms with Crippen LogP contribution in [0.3, 0.4) is 0 Å². The Hall–Kier alpha value is -4.40. The van der Waals surface area contributed by atoms with E-state index in [1.165, 1.54) is 12.3 Å². The van der Waals surface area contributed by atoms with E-state index in [1.54, 1.807) is 43.5 Å². The molecule has 0 spiro atoms. The first-order chi connectivity index (χ1) is 15.0. The molecule has 0 aliphatic carbocycles. The van der Waals surface area contributed by atoms with Crippen molar-refractivity contribution < 1.29 is 23.8 Å². The molecule has 0 aliphatic rings. The van der Waals surface area contributed by atoms with Gasteiger partial charge in [0.25, 0.3) is 5.56 Å². The van der Waals surface area contributed by atoms with Crippen LogP contribution in [0.5, 0.6) is 17.2 Å². The average Bonchev–Trinajstić information content (AvgIpc) is 2.77. The first-order valence-electron chi connectivity index (χ1n) is 9.13. The zero-order valence-corrected chi connectivity index (χ0v) is 16.3.